The monoisotopic (exact) mass is 385 g/mol. The first-order valence-electron chi connectivity index (χ1n) is 9.08. The van der Waals surface area contributed by atoms with Crippen LogP contribution < -0.4 is 15.4 Å². The SMILES string of the molecule is COc1ccccc1NC(=O)C1=C(C)Nc2c(C#N)cnn2[C@@H]1c1ccccc1. The zero-order chi connectivity index (χ0) is 20.4. The second kappa shape index (κ2) is 7.52. The van der Waals surface area contributed by atoms with Crippen LogP contribution in [0, 0.1) is 11.3 Å². The number of fused-ring (bicyclic) bond motifs is 1. The highest BCUT2D eigenvalue weighted by Gasteiger charge is 2.34. The third-order valence-corrected chi connectivity index (χ3v) is 4.86. The van der Waals surface area contributed by atoms with Gasteiger partial charge in [0, 0.05) is 5.70 Å². The van der Waals surface area contributed by atoms with E-state index in [2.05, 4.69) is 21.8 Å². The van der Waals surface area contributed by atoms with Gasteiger partial charge in [0.1, 0.15) is 29.2 Å². The zero-order valence-electron chi connectivity index (χ0n) is 16.0. The van der Waals surface area contributed by atoms with Crippen LogP contribution in [0.3, 0.4) is 0 Å². The number of carbonyl (C=O) groups excluding carboxylic acids is 1. The number of carbonyl (C=O) groups is 1. The summed E-state index contributed by atoms with van der Waals surface area (Å²) in [6.45, 7) is 1.82. The molecule has 1 aliphatic heterocycles. The number of allylic oxidation sites excluding steroid dienone is 1. The number of hydrogen-bond acceptors (Lipinski definition) is 5. The van der Waals surface area contributed by atoms with E-state index >= 15 is 0 Å². The molecule has 0 fully saturated rings. The first-order valence-corrected chi connectivity index (χ1v) is 9.08. The van der Waals surface area contributed by atoms with E-state index in [1.807, 2.05) is 49.4 Å². The molecule has 0 radical (unpaired) electrons. The number of para-hydroxylation sites is 2. The highest BCUT2D eigenvalue weighted by molar-refractivity contribution is 6.06. The number of nitrogens with one attached hydrogen (secondary N) is 2. The maximum absolute atomic E-state index is 13.3. The van der Waals surface area contributed by atoms with Gasteiger partial charge in [0.05, 0.1) is 24.6 Å². The molecule has 1 aromatic heterocycles. The molecule has 0 aliphatic carbocycles. The van der Waals surface area contributed by atoms with Crippen molar-refractivity contribution in [2.45, 2.75) is 13.0 Å². The fourth-order valence-electron chi connectivity index (χ4n) is 3.51. The molecule has 0 spiro atoms. The molecule has 2 aromatic carbocycles. The lowest BCUT2D eigenvalue weighted by Crippen LogP contribution is -2.31. The van der Waals surface area contributed by atoms with Crippen molar-refractivity contribution in [2.75, 3.05) is 17.7 Å². The molecule has 1 amide bonds. The summed E-state index contributed by atoms with van der Waals surface area (Å²) in [5, 5.41) is 19.9. The number of anilines is 2. The van der Waals surface area contributed by atoms with E-state index in [1.54, 1.807) is 23.9 Å². The van der Waals surface area contributed by atoms with Crippen LogP contribution in [0.1, 0.15) is 24.1 Å². The summed E-state index contributed by atoms with van der Waals surface area (Å²) in [6.07, 6.45) is 1.51. The molecule has 1 atom stereocenters. The Kier molecular flexibility index (Phi) is 4.75. The number of methoxy groups -OCH3 is 1. The van der Waals surface area contributed by atoms with E-state index in [4.69, 9.17) is 4.74 Å². The largest absolute Gasteiger partial charge is 0.495 e. The fourth-order valence-corrected chi connectivity index (χ4v) is 3.51. The molecule has 0 unspecified atom stereocenters. The maximum Gasteiger partial charge on any atom is 0.255 e. The molecule has 0 saturated heterocycles. The zero-order valence-corrected chi connectivity index (χ0v) is 16.0. The van der Waals surface area contributed by atoms with Gasteiger partial charge in [-0.2, -0.15) is 10.4 Å². The maximum atomic E-state index is 13.3. The van der Waals surface area contributed by atoms with E-state index < -0.39 is 6.04 Å². The minimum atomic E-state index is -0.468. The van der Waals surface area contributed by atoms with Gasteiger partial charge in [-0.25, -0.2) is 4.68 Å². The van der Waals surface area contributed by atoms with Gasteiger partial charge >= 0.3 is 0 Å². The van der Waals surface area contributed by atoms with Crippen molar-refractivity contribution in [3.8, 4) is 11.8 Å². The fraction of sp³-hybridized carbons (Fsp3) is 0.136. The number of hydrogen-bond donors (Lipinski definition) is 2. The van der Waals surface area contributed by atoms with Gasteiger partial charge in [-0.05, 0) is 24.6 Å². The minimum absolute atomic E-state index is 0.270. The van der Waals surface area contributed by atoms with Crippen LogP contribution in [0.25, 0.3) is 0 Å². The van der Waals surface area contributed by atoms with Crippen LogP contribution in [0.5, 0.6) is 5.75 Å². The molecule has 1 aliphatic rings. The summed E-state index contributed by atoms with van der Waals surface area (Å²) >= 11 is 0. The Morgan fingerprint density at radius 1 is 1.21 bits per heavy atom. The summed E-state index contributed by atoms with van der Waals surface area (Å²) in [7, 11) is 1.56. The molecule has 144 valence electrons. The van der Waals surface area contributed by atoms with E-state index in [1.165, 1.54) is 6.20 Å². The third kappa shape index (κ3) is 3.21. The smallest absolute Gasteiger partial charge is 0.255 e. The molecule has 4 rings (SSSR count). The molecular formula is C22H19N5O2. The molecular weight excluding hydrogens is 366 g/mol. The molecule has 2 heterocycles. The van der Waals surface area contributed by atoms with Crippen LogP contribution in [-0.2, 0) is 4.79 Å². The normalized spacial score (nSPS) is 15.1. The average Bonchev–Trinajstić information content (AvgIpc) is 3.16. The van der Waals surface area contributed by atoms with Crippen LogP contribution in [-0.4, -0.2) is 22.8 Å². The molecule has 3 aromatic rings. The lowest BCUT2D eigenvalue weighted by atomic mass is 9.94. The second-order valence-corrected chi connectivity index (χ2v) is 6.59. The first-order chi connectivity index (χ1) is 14.1. The summed E-state index contributed by atoms with van der Waals surface area (Å²) < 4.78 is 7.02. The van der Waals surface area contributed by atoms with Gasteiger partial charge in [-0.15, -0.1) is 0 Å². The van der Waals surface area contributed by atoms with E-state index in [0.29, 0.717) is 34.1 Å². The lowest BCUT2D eigenvalue weighted by molar-refractivity contribution is -0.113. The number of amides is 1. The molecule has 2 N–H and O–H groups in total. The van der Waals surface area contributed by atoms with Crippen LogP contribution >= 0.6 is 0 Å². The highest BCUT2D eigenvalue weighted by atomic mass is 16.5. The standard InChI is InChI=1S/C22H19N5O2/c1-14-19(22(28)26-17-10-6-7-11-18(17)29-2)20(15-8-4-3-5-9-15)27-21(25-14)16(12-23)13-24-27/h3-11,13,20,25H,1-2H3,(H,26,28)/t20-/m1/s1. The number of nitrogens with zero attached hydrogens (tertiary/aromatic N) is 3. The minimum Gasteiger partial charge on any atom is -0.495 e. The van der Waals surface area contributed by atoms with Crippen LogP contribution in [0.2, 0.25) is 0 Å². The molecule has 0 bridgehead atoms. The van der Waals surface area contributed by atoms with Crippen molar-refractivity contribution in [1.82, 2.24) is 9.78 Å². The van der Waals surface area contributed by atoms with Crippen molar-refractivity contribution < 1.29 is 9.53 Å². The van der Waals surface area contributed by atoms with Crippen molar-refractivity contribution in [2.24, 2.45) is 0 Å². The summed E-state index contributed by atoms with van der Waals surface area (Å²) in [5.41, 5.74) is 3.08. The number of aromatic nitrogens is 2. The summed E-state index contributed by atoms with van der Waals surface area (Å²) in [5.74, 6) is 0.881. The van der Waals surface area contributed by atoms with Gasteiger partial charge in [0.25, 0.3) is 5.91 Å². The predicted molar refractivity (Wildman–Crippen MR) is 109 cm³/mol. The number of nitriles is 1. The Hall–Kier alpha value is -4.05. The number of ether oxygens (including phenoxy) is 1. The Bertz CT molecular complexity index is 1140. The van der Waals surface area contributed by atoms with E-state index in [9.17, 15) is 10.1 Å². The van der Waals surface area contributed by atoms with Gasteiger partial charge in [0.15, 0.2) is 0 Å². The van der Waals surface area contributed by atoms with Gasteiger partial charge in [0.2, 0.25) is 0 Å². The lowest BCUT2D eigenvalue weighted by Gasteiger charge is -2.30. The predicted octanol–water partition coefficient (Wildman–Crippen LogP) is 3.69. The Balaban J connectivity index is 1.80. The number of rotatable bonds is 4. The quantitative estimate of drug-likeness (QED) is 0.715. The molecule has 7 heteroatoms. The van der Waals surface area contributed by atoms with Crippen molar-refractivity contribution in [3.05, 3.63) is 83.2 Å². The topological polar surface area (TPSA) is 92.0 Å². The second-order valence-electron chi connectivity index (χ2n) is 6.59. The molecule has 29 heavy (non-hydrogen) atoms. The van der Waals surface area contributed by atoms with Crippen molar-refractivity contribution in [3.63, 3.8) is 0 Å². The third-order valence-electron chi connectivity index (χ3n) is 4.86. The molecule has 0 saturated carbocycles. The van der Waals surface area contributed by atoms with Gasteiger partial charge in [-0.3, -0.25) is 4.79 Å². The van der Waals surface area contributed by atoms with Crippen LogP contribution in [0.4, 0.5) is 11.5 Å². The number of benzene rings is 2. The summed E-state index contributed by atoms with van der Waals surface area (Å²) in [4.78, 5) is 13.3. The Labute approximate surface area is 168 Å². The van der Waals surface area contributed by atoms with Crippen molar-refractivity contribution >= 4 is 17.4 Å². The molecule has 7 nitrogen and oxygen atoms in total. The van der Waals surface area contributed by atoms with Gasteiger partial charge < -0.3 is 15.4 Å². The van der Waals surface area contributed by atoms with Crippen LogP contribution in [0.15, 0.2) is 72.1 Å². The summed E-state index contributed by atoms with van der Waals surface area (Å²) in [6, 6.07) is 18.5. The average molecular weight is 385 g/mol. The van der Waals surface area contributed by atoms with E-state index in [-0.39, 0.29) is 5.91 Å². The van der Waals surface area contributed by atoms with Crippen molar-refractivity contribution in [1.29, 1.82) is 5.26 Å². The van der Waals surface area contributed by atoms with Gasteiger partial charge in [-0.1, -0.05) is 42.5 Å². The first kappa shape index (κ1) is 18.3. The Morgan fingerprint density at radius 3 is 2.66 bits per heavy atom. The highest BCUT2D eigenvalue weighted by Crippen LogP contribution is 2.37. The van der Waals surface area contributed by atoms with E-state index in [0.717, 1.165) is 5.56 Å². The Morgan fingerprint density at radius 2 is 1.93 bits per heavy atom.